The van der Waals surface area contributed by atoms with Crippen molar-refractivity contribution >= 4 is 49.7 Å². The van der Waals surface area contributed by atoms with E-state index in [0.29, 0.717) is 14.6 Å². The molecule has 8 nitrogen and oxygen atoms in total. The van der Waals surface area contributed by atoms with E-state index < -0.39 is 10.8 Å². The zero-order valence-electron chi connectivity index (χ0n) is 15.9. The van der Waals surface area contributed by atoms with E-state index in [1.807, 2.05) is 24.5 Å². The van der Waals surface area contributed by atoms with Crippen molar-refractivity contribution in [3.05, 3.63) is 84.0 Å². The van der Waals surface area contributed by atoms with Crippen LogP contribution in [0.3, 0.4) is 0 Å². The molecule has 3 rings (SSSR count). The smallest absolute Gasteiger partial charge is 0.275 e. The fourth-order valence-corrected chi connectivity index (χ4v) is 4.25. The summed E-state index contributed by atoms with van der Waals surface area (Å²) in [6.45, 7) is 3.73. The Hall–Kier alpha value is -2.98. The molecule has 0 unspecified atom stereocenters. The molecule has 0 saturated carbocycles. The fraction of sp³-hybridized carbons (Fsp3) is 0.100. The summed E-state index contributed by atoms with van der Waals surface area (Å²) >= 11 is 6.46. The van der Waals surface area contributed by atoms with E-state index in [2.05, 4.69) is 42.4 Å². The van der Waals surface area contributed by atoms with Gasteiger partial charge in [0.2, 0.25) is 0 Å². The Labute approximate surface area is 188 Å². The topological polar surface area (TPSA) is 110 Å². The number of phenols is 1. The lowest BCUT2D eigenvalue weighted by Crippen LogP contribution is -2.18. The number of aromatic hydroxyl groups is 1. The van der Waals surface area contributed by atoms with Gasteiger partial charge in [-0.3, -0.25) is 14.9 Å². The van der Waals surface area contributed by atoms with E-state index in [1.165, 1.54) is 24.4 Å². The number of carbonyl (C=O) groups is 1. The molecular formula is C20H16Br2N4O4. The summed E-state index contributed by atoms with van der Waals surface area (Å²) in [5, 5.41) is 25.1. The normalized spacial score (nSPS) is 11.1. The lowest BCUT2D eigenvalue weighted by atomic mass is 10.2. The minimum Gasteiger partial charge on any atom is -0.506 e. The number of aromatic nitrogens is 1. The molecule has 0 atom stereocenters. The molecule has 0 saturated heterocycles. The Bertz CT molecular complexity index is 1190. The van der Waals surface area contributed by atoms with Crippen LogP contribution < -0.4 is 5.43 Å². The number of hydrogen-bond donors (Lipinski definition) is 2. The highest BCUT2D eigenvalue weighted by molar-refractivity contribution is 9.11. The number of nitro groups is 1. The summed E-state index contributed by atoms with van der Waals surface area (Å²) in [4.78, 5) is 23.0. The maximum atomic E-state index is 12.3. The number of hydrazone groups is 1. The van der Waals surface area contributed by atoms with Crippen LogP contribution >= 0.6 is 31.9 Å². The number of nitrogens with one attached hydrogen (secondary N) is 1. The Morgan fingerprint density at radius 3 is 2.67 bits per heavy atom. The highest BCUT2D eigenvalue weighted by atomic mass is 79.9. The molecule has 0 radical (unpaired) electrons. The molecule has 2 aromatic carbocycles. The first-order chi connectivity index (χ1) is 14.2. The van der Waals surface area contributed by atoms with Crippen LogP contribution in [0.15, 0.2) is 56.5 Å². The van der Waals surface area contributed by atoms with Crippen molar-refractivity contribution in [3.8, 4) is 11.4 Å². The first-order valence-corrected chi connectivity index (χ1v) is 10.2. The van der Waals surface area contributed by atoms with Gasteiger partial charge in [0.15, 0.2) is 0 Å². The second-order valence-corrected chi connectivity index (χ2v) is 8.19. The number of halogens is 2. The minimum atomic E-state index is -0.571. The Morgan fingerprint density at radius 2 is 1.97 bits per heavy atom. The van der Waals surface area contributed by atoms with Crippen molar-refractivity contribution in [2.75, 3.05) is 0 Å². The number of rotatable bonds is 5. The number of phenolic OH excluding ortho intramolecular Hbond substituents is 1. The third kappa shape index (κ3) is 4.44. The molecule has 2 N–H and O–H groups in total. The fourth-order valence-electron chi connectivity index (χ4n) is 3.02. The quantitative estimate of drug-likeness (QED) is 0.272. The minimum absolute atomic E-state index is 0.00229. The van der Waals surface area contributed by atoms with Gasteiger partial charge in [0, 0.05) is 33.6 Å². The van der Waals surface area contributed by atoms with Crippen LogP contribution in [0.5, 0.6) is 5.75 Å². The van der Waals surface area contributed by atoms with Crippen molar-refractivity contribution in [2.45, 2.75) is 13.8 Å². The molecule has 154 valence electrons. The number of hydrogen-bond acceptors (Lipinski definition) is 5. The molecule has 30 heavy (non-hydrogen) atoms. The van der Waals surface area contributed by atoms with Crippen molar-refractivity contribution in [1.82, 2.24) is 9.99 Å². The van der Waals surface area contributed by atoms with Crippen molar-refractivity contribution < 1.29 is 14.8 Å². The molecule has 1 amide bonds. The third-order valence-electron chi connectivity index (χ3n) is 4.41. The van der Waals surface area contributed by atoms with E-state index in [0.717, 1.165) is 17.0 Å². The van der Waals surface area contributed by atoms with E-state index in [-0.39, 0.29) is 17.0 Å². The molecule has 0 aliphatic heterocycles. The number of aryl methyl sites for hydroxylation is 1. The average molecular weight is 536 g/mol. The zero-order chi connectivity index (χ0) is 22.0. The lowest BCUT2D eigenvalue weighted by Gasteiger charge is -2.09. The molecule has 1 heterocycles. The average Bonchev–Trinajstić information content (AvgIpc) is 2.98. The second-order valence-electron chi connectivity index (χ2n) is 6.42. The predicted molar refractivity (Wildman–Crippen MR) is 120 cm³/mol. The zero-order valence-corrected chi connectivity index (χ0v) is 19.1. The van der Waals surface area contributed by atoms with Gasteiger partial charge in [0.05, 0.1) is 26.9 Å². The van der Waals surface area contributed by atoms with Crippen molar-refractivity contribution in [2.24, 2.45) is 5.10 Å². The monoisotopic (exact) mass is 534 g/mol. The van der Waals surface area contributed by atoms with E-state index in [9.17, 15) is 20.0 Å². The van der Waals surface area contributed by atoms with E-state index >= 15 is 0 Å². The Balaban J connectivity index is 1.84. The van der Waals surface area contributed by atoms with Gasteiger partial charge in [-0.1, -0.05) is 22.0 Å². The van der Waals surface area contributed by atoms with Gasteiger partial charge in [-0.25, -0.2) is 5.43 Å². The summed E-state index contributed by atoms with van der Waals surface area (Å²) in [6.07, 6.45) is 1.48. The number of benzene rings is 2. The summed E-state index contributed by atoms with van der Waals surface area (Å²) in [5.74, 6) is -0.756. The number of nitrogens with zero attached hydrogens (tertiary/aromatic N) is 3. The number of nitro benzene ring substituents is 1. The van der Waals surface area contributed by atoms with Gasteiger partial charge in [-0.05, 0) is 54.0 Å². The molecule has 0 bridgehead atoms. The first-order valence-electron chi connectivity index (χ1n) is 8.64. The van der Waals surface area contributed by atoms with Gasteiger partial charge in [-0.2, -0.15) is 5.10 Å². The van der Waals surface area contributed by atoms with Gasteiger partial charge in [0.25, 0.3) is 11.6 Å². The van der Waals surface area contributed by atoms with Crippen LogP contribution in [0, 0.1) is 24.0 Å². The van der Waals surface area contributed by atoms with Crippen LogP contribution in [0.4, 0.5) is 5.69 Å². The standard InChI is InChI=1S/C20H16Br2N4O4/c1-11-6-13(12(2)25(11)15-4-3-5-16(9-15)26(29)30)10-23-24-20(28)17-7-14(21)8-18(22)19(17)27/h3-10,27H,1-2H3,(H,24,28)/b23-10+. The lowest BCUT2D eigenvalue weighted by molar-refractivity contribution is -0.384. The van der Waals surface area contributed by atoms with Crippen LogP contribution in [-0.2, 0) is 0 Å². The van der Waals surface area contributed by atoms with E-state index in [1.54, 1.807) is 18.2 Å². The Morgan fingerprint density at radius 1 is 1.23 bits per heavy atom. The molecule has 0 aliphatic carbocycles. The molecule has 0 spiro atoms. The number of carbonyl (C=O) groups excluding carboxylic acids is 1. The Kier molecular flexibility index (Phi) is 6.37. The summed E-state index contributed by atoms with van der Waals surface area (Å²) in [7, 11) is 0. The molecule has 3 aromatic rings. The largest absolute Gasteiger partial charge is 0.506 e. The maximum absolute atomic E-state index is 12.3. The predicted octanol–water partition coefficient (Wildman–Crippen LogP) is 5.00. The van der Waals surface area contributed by atoms with Crippen LogP contribution in [0.1, 0.15) is 27.3 Å². The first kappa shape index (κ1) is 21.7. The van der Waals surface area contributed by atoms with E-state index in [4.69, 9.17) is 0 Å². The van der Waals surface area contributed by atoms with Gasteiger partial charge in [0.1, 0.15) is 5.75 Å². The van der Waals surface area contributed by atoms with Gasteiger partial charge >= 0.3 is 0 Å². The third-order valence-corrected chi connectivity index (χ3v) is 5.47. The number of amides is 1. The highest BCUT2D eigenvalue weighted by Gasteiger charge is 2.15. The molecular weight excluding hydrogens is 520 g/mol. The van der Waals surface area contributed by atoms with Crippen LogP contribution in [0.2, 0.25) is 0 Å². The summed E-state index contributed by atoms with van der Waals surface area (Å²) < 4.78 is 2.88. The van der Waals surface area contributed by atoms with Gasteiger partial charge in [-0.15, -0.1) is 0 Å². The SMILES string of the molecule is Cc1cc(/C=N/NC(=O)c2cc(Br)cc(Br)c2O)c(C)n1-c1cccc([N+](=O)[O-])c1. The molecule has 10 heteroatoms. The molecule has 1 aromatic heterocycles. The molecule has 0 aliphatic rings. The highest BCUT2D eigenvalue weighted by Crippen LogP contribution is 2.31. The van der Waals surface area contributed by atoms with Crippen molar-refractivity contribution in [1.29, 1.82) is 0 Å². The van der Waals surface area contributed by atoms with Crippen LogP contribution in [0.25, 0.3) is 5.69 Å². The number of non-ortho nitro benzene ring substituents is 1. The van der Waals surface area contributed by atoms with Crippen molar-refractivity contribution in [3.63, 3.8) is 0 Å². The summed E-state index contributed by atoms with van der Waals surface area (Å²) in [5.41, 5.74) is 5.52. The second kappa shape index (κ2) is 8.80. The summed E-state index contributed by atoms with van der Waals surface area (Å²) in [6, 6.07) is 11.3. The molecule has 0 fully saturated rings. The van der Waals surface area contributed by atoms with Gasteiger partial charge < -0.3 is 9.67 Å². The van der Waals surface area contributed by atoms with Crippen LogP contribution in [-0.4, -0.2) is 26.7 Å². The maximum Gasteiger partial charge on any atom is 0.275 e.